The van der Waals surface area contributed by atoms with Crippen LogP contribution >= 0.6 is 0 Å². The third-order valence-corrected chi connectivity index (χ3v) is 7.13. The molecule has 2 aromatic rings. The van der Waals surface area contributed by atoms with Crippen LogP contribution in [0.1, 0.15) is 42.2 Å². The minimum absolute atomic E-state index is 0.267. The Bertz CT molecular complexity index is 983. The molecule has 1 aliphatic rings. The van der Waals surface area contributed by atoms with Crippen molar-refractivity contribution in [3.05, 3.63) is 58.9 Å². The molecule has 0 bridgehead atoms. The largest absolute Gasteiger partial charge is 0.387 e. The quantitative estimate of drug-likeness (QED) is 0.528. The summed E-state index contributed by atoms with van der Waals surface area (Å²) in [4.78, 5) is 4.05. The molecule has 176 valence electrons. The first kappa shape index (κ1) is 24.6. The van der Waals surface area contributed by atoms with Gasteiger partial charge < -0.3 is 15.2 Å². The number of morpholine rings is 1. The summed E-state index contributed by atoms with van der Waals surface area (Å²) in [6, 6.07) is 7.70. The molecular weight excluding hydrogens is 428 g/mol. The van der Waals surface area contributed by atoms with E-state index in [2.05, 4.69) is 28.9 Å². The van der Waals surface area contributed by atoms with Crippen LogP contribution in [0.2, 0.25) is 0 Å². The van der Waals surface area contributed by atoms with Gasteiger partial charge in [0.15, 0.2) is 0 Å². The van der Waals surface area contributed by atoms with Crippen molar-refractivity contribution in [1.82, 2.24) is 14.6 Å². The van der Waals surface area contributed by atoms with Gasteiger partial charge in [-0.05, 0) is 56.9 Å². The summed E-state index contributed by atoms with van der Waals surface area (Å²) in [7, 11) is -3.62. The highest BCUT2D eigenvalue weighted by Crippen LogP contribution is 2.26. The monoisotopic (exact) mass is 462 g/mol. The Balaban J connectivity index is 1.66. The molecule has 0 spiro atoms. The van der Waals surface area contributed by atoms with Gasteiger partial charge in [0.05, 0.1) is 25.0 Å². The summed E-state index contributed by atoms with van der Waals surface area (Å²) in [6.07, 6.45) is 3.44. The smallest absolute Gasteiger partial charge is 0.301 e. The second kappa shape index (κ2) is 10.3. The lowest BCUT2D eigenvalue weighted by Gasteiger charge is -2.29. The number of aliphatic hydroxyl groups is 1. The van der Waals surface area contributed by atoms with E-state index in [-0.39, 0.29) is 5.54 Å². The zero-order valence-corrected chi connectivity index (χ0v) is 20.1. The Kier molecular flexibility index (Phi) is 7.89. The molecule has 8 nitrogen and oxygen atoms in total. The second-order valence-electron chi connectivity index (χ2n) is 8.97. The van der Waals surface area contributed by atoms with Crippen LogP contribution in [0, 0.1) is 13.8 Å². The van der Waals surface area contributed by atoms with Crippen LogP contribution in [0.25, 0.3) is 0 Å². The van der Waals surface area contributed by atoms with Crippen molar-refractivity contribution >= 4 is 15.9 Å². The Morgan fingerprint density at radius 2 is 1.88 bits per heavy atom. The van der Waals surface area contributed by atoms with Crippen LogP contribution in [0.5, 0.6) is 0 Å². The van der Waals surface area contributed by atoms with E-state index in [1.54, 1.807) is 12.4 Å². The minimum atomic E-state index is -3.62. The van der Waals surface area contributed by atoms with Gasteiger partial charge in [0, 0.05) is 43.1 Å². The maximum absolute atomic E-state index is 12.8. The lowest BCUT2D eigenvalue weighted by atomic mass is 9.92. The summed E-state index contributed by atoms with van der Waals surface area (Å²) < 4.78 is 35.0. The standard InChI is InChI=1S/C23H34N4O4S/c1-17-12-19(14-23(3,4)25-16-21(28)20-6-5-7-24-15-20)13-18(2)22(17)26-32(29,30)27-8-10-31-11-9-27/h5-7,12-13,15,21,25-26,28H,8-11,14,16H2,1-4H3/t21-/m1/s1. The Hall–Kier alpha value is -2.04. The molecule has 0 radical (unpaired) electrons. The molecule has 32 heavy (non-hydrogen) atoms. The average Bonchev–Trinajstić information content (AvgIpc) is 2.76. The molecule has 0 amide bonds. The molecule has 3 N–H and O–H groups in total. The SMILES string of the molecule is Cc1cc(CC(C)(C)NC[C@@H](O)c2cccnc2)cc(C)c1NS(=O)(=O)N1CCOCC1. The van der Waals surface area contributed by atoms with Crippen molar-refractivity contribution in [3.63, 3.8) is 0 Å². The van der Waals surface area contributed by atoms with Crippen molar-refractivity contribution in [2.24, 2.45) is 0 Å². The summed E-state index contributed by atoms with van der Waals surface area (Å²) in [5.41, 5.74) is 3.99. The van der Waals surface area contributed by atoms with Gasteiger partial charge in [0.25, 0.3) is 0 Å². The molecule has 1 aromatic heterocycles. The second-order valence-corrected chi connectivity index (χ2v) is 10.6. The van der Waals surface area contributed by atoms with E-state index in [0.29, 0.717) is 38.5 Å². The fourth-order valence-corrected chi connectivity index (χ4v) is 5.27. The molecule has 1 atom stereocenters. The Morgan fingerprint density at radius 1 is 1.22 bits per heavy atom. The van der Waals surface area contributed by atoms with E-state index < -0.39 is 16.3 Å². The number of nitrogens with one attached hydrogen (secondary N) is 2. The van der Waals surface area contributed by atoms with Crippen LogP contribution in [-0.2, 0) is 21.4 Å². The third kappa shape index (κ3) is 6.49. The van der Waals surface area contributed by atoms with Gasteiger partial charge in [0.2, 0.25) is 0 Å². The lowest BCUT2D eigenvalue weighted by Crippen LogP contribution is -2.44. The maximum atomic E-state index is 12.8. The van der Waals surface area contributed by atoms with Crippen molar-refractivity contribution < 1.29 is 18.3 Å². The molecule has 9 heteroatoms. The molecule has 3 rings (SSSR count). The van der Waals surface area contributed by atoms with Crippen LogP contribution in [0.3, 0.4) is 0 Å². The van der Waals surface area contributed by atoms with Crippen LogP contribution < -0.4 is 10.0 Å². The number of hydrogen-bond donors (Lipinski definition) is 3. The molecule has 0 saturated carbocycles. The Labute approximate surface area is 191 Å². The Morgan fingerprint density at radius 3 is 2.47 bits per heavy atom. The zero-order chi connectivity index (χ0) is 23.4. The summed E-state index contributed by atoms with van der Waals surface area (Å²) >= 11 is 0. The number of rotatable bonds is 9. The first-order chi connectivity index (χ1) is 15.1. The van der Waals surface area contributed by atoms with Crippen molar-refractivity contribution in [2.75, 3.05) is 37.6 Å². The number of aryl methyl sites for hydroxylation is 2. The molecule has 1 aromatic carbocycles. The summed E-state index contributed by atoms with van der Waals surface area (Å²) in [5.74, 6) is 0. The fraction of sp³-hybridized carbons (Fsp3) is 0.522. The van der Waals surface area contributed by atoms with Crippen LogP contribution in [-0.4, -0.2) is 61.2 Å². The number of aromatic nitrogens is 1. The van der Waals surface area contributed by atoms with Crippen molar-refractivity contribution in [1.29, 1.82) is 0 Å². The molecule has 1 saturated heterocycles. The number of benzene rings is 1. The lowest BCUT2D eigenvalue weighted by molar-refractivity contribution is 0.0733. The van der Waals surface area contributed by atoms with E-state index in [9.17, 15) is 13.5 Å². The normalized spacial score (nSPS) is 16.7. The van der Waals surface area contributed by atoms with Crippen LogP contribution in [0.4, 0.5) is 5.69 Å². The fourth-order valence-electron chi connectivity index (χ4n) is 3.93. The zero-order valence-electron chi connectivity index (χ0n) is 19.3. The van der Waals surface area contributed by atoms with Gasteiger partial charge in [-0.2, -0.15) is 12.7 Å². The van der Waals surface area contributed by atoms with E-state index in [1.807, 2.05) is 38.1 Å². The highest BCUT2D eigenvalue weighted by molar-refractivity contribution is 7.90. The third-order valence-electron chi connectivity index (χ3n) is 5.62. The van der Waals surface area contributed by atoms with Gasteiger partial charge in [-0.3, -0.25) is 9.71 Å². The van der Waals surface area contributed by atoms with Gasteiger partial charge in [0.1, 0.15) is 0 Å². The van der Waals surface area contributed by atoms with Gasteiger partial charge >= 0.3 is 10.2 Å². The van der Waals surface area contributed by atoms with E-state index in [0.717, 1.165) is 28.7 Å². The number of aliphatic hydroxyl groups excluding tert-OH is 1. The van der Waals surface area contributed by atoms with E-state index in [1.165, 1.54) is 4.31 Å². The number of hydrogen-bond acceptors (Lipinski definition) is 6. The first-order valence-electron chi connectivity index (χ1n) is 10.9. The predicted molar refractivity (Wildman–Crippen MR) is 126 cm³/mol. The van der Waals surface area contributed by atoms with Crippen molar-refractivity contribution in [2.45, 2.75) is 45.8 Å². The molecule has 0 unspecified atom stereocenters. The van der Waals surface area contributed by atoms with Crippen molar-refractivity contribution in [3.8, 4) is 0 Å². The number of ether oxygens (including phenoxy) is 1. The summed E-state index contributed by atoms with van der Waals surface area (Å²) in [5, 5.41) is 13.8. The number of pyridine rings is 1. The number of nitrogens with zero attached hydrogens (tertiary/aromatic N) is 2. The molecule has 1 fully saturated rings. The molecule has 1 aliphatic heterocycles. The summed E-state index contributed by atoms with van der Waals surface area (Å²) in [6.45, 7) is 9.96. The number of anilines is 1. The first-order valence-corrected chi connectivity index (χ1v) is 12.3. The average molecular weight is 463 g/mol. The topological polar surface area (TPSA) is 104 Å². The number of β-amino-alcohol motifs (C(OH)–C–C–N with tert-alkyl or cyclic N) is 1. The molecule has 2 heterocycles. The highest BCUT2D eigenvalue weighted by Gasteiger charge is 2.26. The maximum Gasteiger partial charge on any atom is 0.301 e. The van der Waals surface area contributed by atoms with Crippen LogP contribution in [0.15, 0.2) is 36.7 Å². The van der Waals surface area contributed by atoms with Gasteiger partial charge in [-0.1, -0.05) is 18.2 Å². The van der Waals surface area contributed by atoms with Gasteiger partial charge in [-0.15, -0.1) is 0 Å². The predicted octanol–water partition coefficient (Wildman–Crippen LogP) is 2.33. The van der Waals surface area contributed by atoms with E-state index in [4.69, 9.17) is 4.74 Å². The molecular formula is C23H34N4O4S. The van der Waals surface area contributed by atoms with Gasteiger partial charge in [-0.25, -0.2) is 0 Å². The highest BCUT2D eigenvalue weighted by atomic mass is 32.2. The minimum Gasteiger partial charge on any atom is -0.387 e. The van der Waals surface area contributed by atoms with E-state index >= 15 is 0 Å². The molecule has 0 aliphatic carbocycles.